The Bertz CT molecular complexity index is 984. The van der Waals surface area contributed by atoms with E-state index in [0.717, 1.165) is 11.3 Å². The molecule has 2 amide bonds. The molecule has 0 aliphatic carbocycles. The number of carbonyl (C=O) groups excluding carboxylic acids is 2. The van der Waals surface area contributed by atoms with Crippen LogP contribution in [-0.4, -0.2) is 56.8 Å². The molecule has 0 bridgehead atoms. The van der Waals surface area contributed by atoms with E-state index in [1.165, 1.54) is 12.1 Å². The minimum Gasteiger partial charge on any atom is -0.338 e. The van der Waals surface area contributed by atoms with Gasteiger partial charge in [-0.3, -0.25) is 19.7 Å². The summed E-state index contributed by atoms with van der Waals surface area (Å²) in [5.74, 6) is 0.665. The van der Waals surface area contributed by atoms with Crippen LogP contribution in [0.4, 0.5) is 5.69 Å². The first-order chi connectivity index (χ1) is 14.4. The molecule has 0 unspecified atom stereocenters. The summed E-state index contributed by atoms with van der Waals surface area (Å²) >= 11 is 1.75. The number of amides is 2. The van der Waals surface area contributed by atoms with E-state index in [4.69, 9.17) is 0 Å². The standard InChI is InChI=1S/C22H23N3O4S/c1-16-5-7-17(8-6-16)20(26)23-11-9-22(10-12-23)24(13-14-30-22)21(27)18-3-2-4-19(15-18)25(28)29/h2-8,15H,9-14H2,1H3. The van der Waals surface area contributed by atoms with Gasteiger partial charge in [-0.25, -0.2) is 0 Å². The number of nitrogens with zero attached hydrogens (tertiary/aromatic N) is 3. The van der Waals surface area contributed by atoms with E-state index in [9.17, 15) is 19.7 Å². The average Bonchev–Trinajstić information content (AvgIpc) is 3.16. The van der Waals surface area contributed by atoms with E-state index in [-0.39, 0.29) is 22.4 Å². The van der Waals surface area contributed by atoms with Gasteiger partial charge in [0.15, 0.2) is 0 Å². The van der Waals surface area contributed by atoms with Gasteiger partial charge in [-0.05, 0) is 38.0 Å². The number of rotatable bonds is 3. The van der Waals surface area contributed by atoms with Crippen LogP contribution in [0.2, 0.25) is 0 Å². The molecule has 0 N–H and O–H groups in total. The first-order valence-corrected chi connectivity index (χ1v) is 10.9. The fraction of sp³-hybridized carbons (Fsp3) is 0.364. The summed E-state index contributed by atoms with van der Waals surface area (Å²) in [6.45, 7) is 3.76. The van der Waals surface area contributed by atoms with Crippen molar-refractivity contribution in [1.82, 2.24) is 9.80 Å². The van der Waals surface area contributed by atoms with Crippen LogP contribution in [0.15, 0.2) is 48.5 Å². The highest BCUT2D eigenvalue weighted by Gasteiger charge is 2.47. The van der Waals surface area contributed by atoms with Gasteiger partial charge >= 0.3 is 0 Å². The molecule has 0 aromatic heterocycles. The molecule has 4 rings (SSSR count). The van der Waals surface area contributed by atoms with Gasteiger partial charge in [0, 0.05) is 48.6 Å². The number of carbonyl (C=O) groups is 2. The zero-order valence-corrected chi connectivity index (χ0v) is 17.6. The van der Waals surface area contributed by atoms with Crippen LogP contribution in [0.5, 0.6) is 0 Å². The van der Waals surface area contributed by atoms with Crippen LogP contribution in [0, 0.1) is 17.0 Å². The Morgan fingerprint density at radius 3 is 2.37 bits per heavy atom. The van der Waals surface area contributed by atoms with E-state index in [0.29, 0.717) is 43.6 Å². The van der Waals surface area contributed by atoms with Crippen molar-refractivity contribution < 1.29 is 14.5 Å². The van der Waals surface area contributed by atoms with Crippen molar-refractivity contribution in [3.05, 3.63) is 75.3 Å². The fourth-order valence-corrected chi connectivity index (χ4v) is 5.61. The van der Waals surface area contributed by atoms with Crippen molar-refractivity contribution in [2.45, 2.75) is 24.6 Å². The zero-order valence-electron chi connectivity index (χ0n) is 16.7. The third-order valence-corrected chi connectivity index (χ3v) is 7.41. The molecule has 2 saturated heterocycles. The van der Waals surface area contributed by atoms with Gasteiger partial charge in [0.1, 0.15) is 0 Å². The summed E-state index contributed by atoms with van der Waals surface area (Å²) in [6.07, 6.45) is 1.38. The maximum Gasteiger partial charge on any atom is 0.270 e. The van der Waals surface area contributed by atoms with Crippen LogP contribution in [0.1, 0.15) is 39.1 Å². The number of hydrogen-bond acceptors (Lipinski definition) is 5. The van der Waals surface area contributed by atoms with Gasteiger partial charge in [-0.15, -0.1) is 11.8 Å². The van der Waals surface area contributed by atoms with E-state index in [2.05, 4.69) is 0 Å². The van der Waals surface area contributed by atoms with Gasteiger partial charge in [-0.2, -0.15) is 0 Å². The number of nitro groups is 1. The van der Waals surface area contributed by atoms with Gasteiger partial charge in [0.25, 0.3) is 17.5 Å². The van der Waals surface area contributed by atoms with Crippen molar-refractivity contribution >= 4 is 29.3 Å². The largest absolute Gasteiger partial charge is 0.338 e. The molecule has 2 aromatic carbocycles. The molecule has 156 valence electrons. The average molecular weight is 426 g/mol. The molecule has 2 heterocycles. The summed E-state index contributed by atoms with van der Waals surface area (Å²) < 4.78 is 0. The lowest BCUT2D eigenvalue weighted by Gasteiger charge is -2.44. The van der Waals surface area contributed by atoms with Crippen molar-refractivity contribution in [3.63, 3.8) is 0 Å². The van der Waals surface area contributed by atoms with E-state index in [1.807, 2.05) is 41.0 Å². The Morgan fingerprint density at radius 1 is 1.00 bits per heavy atom. The van der Waals surface area contributed by atoms with Crippen LogP contribution < -0.4 is 0 Å². The minimum absolute atomic E-state index is 0.0180. The molecule has 7 nitrogen and oxygen atoms in total. The normalized spacial score (nSPS) is 17.9. The number of likely N-dealkylation sites (tertiary alicyclic amines) is 1. The topological polar surface area (TPSA) is 83.8 Å². The summed E-state index contributed by atoms with van der Waals surface area (Å²) in [7, 11) is 0. The molecule has 2 aromatic rings. The van der Waals surface area contributed by atoms with E-state index < -0.39 is 4.92 Å². The van der Waals surface area contributed by atoms with Crippen LogP contribution in [0.25, 0.3) is 0 Å². The molecule has 2 aliphatic heterocycles. The highest BCUT2D eigenvalue weighted by Crippen LogP contribution is 2.44. The number of nitro benzene ring substituents is 1. The van der Waals surface area contributed by atoms with Gasteiger partial charge < -0.3 is 9.80 Å². The molecule has 2 aliphatic rings. The summed E-state index contributed by atoms with van der Waals surface area (Å²) in [5.41, 5.74) is 2.05. The summed E-state index contributed by atoms with van der Waals surface area (Å²) in [5, 5.41) is 11.1. The first-order valence-electron chi connectivity index (χ1n) is 9.96. The second kappa shape index (κ2) is 8.10. The van der Waals surface area contributed by atoms with E-state index >= 15 is 0 Å². The third kappa shape index (κ3) is 3.79. The number of non-ortho nitro benzene ring substituents is 1. The number of hydrogen-bond donors (Lipinski definition) is 0. The number of benzene rings is 2. The van der Waals surface area contributed by atoms with Gasteiger partial charge in [0.2, 0.25) is 0 Å². The van der Waals surface area contributed by atoms with Crippen LogP contribution in [-0.2, 0) is 0 Å². The number of thioether (sulfide) groups is 1. The predicted molar refractivity (Wildman–Crippen MR) is 116 cm³/mol. The molecule has 0 radical (unpaired) electrons. The third-order valence-electron chi connectivity index (χ3n) is 5.86. The molecule has 30 heavy (non-hydrogen) atoms. The quantitative estimate of drug-likeness (QED) is 0.553. The van der Waals surface area contributed by atoms with E-state index in [1.54, 1.807) is 23.9 Å². The Kier molecular flexibility index (Phi) is 5.51. The molecular formula is C22H23N3O4S. The molecule has 8 heteroatoms. The van der Waals surface area contributed by atoms with Crippen molar-refractivity contribution in [3.8, 4) is 0 Å². The Morgan fingerprint density at radius 2 is 1.70 bits per heavy atom. The van der Waals surface area contributed by atoms with Crippen LogP contribution >= 0.6 is 11.8 Å². The first kappa shape index (κ1) is 20.4. The van der Waals surface area contributed by atoms with Crippen molar-refractivity contribution in [1.29, 1.82) is 0 Å². The minimum atomic E-state index is -0.486. The predicted octanol–water partition coefficient (Wildman–Crippen LogP) is 3.72. The molecule has 2 fully saturated rings. The van der Waals surface area contributed by atoms with Crippen molar-refractivity contribution in [2.24, 2.45) is 0 Å². The molecular weight excluding hydrogens is 402 g/mol. The maximum atomic E-state index is 13.2. The van der Waals surface area contributed by atoms with Crippen molar-refractivity contribution in [2.75, 3.05) is 25.4 Å². The smallest absolute Gasteiger partial charge is 0.270 e. The van der Waals surface area contributed by atoms with Gasteiger partial charge in [0.05, 0.1) is 9.79 Å². The summed E-state index contributed by atoms with van der Waals surface area (Å²) in [4.78, 5) is 39.9. The molecule has 0 atom stereocenters. The summed E-state index contributed by atoms with van der Waals surface area (Å²) in [6, 6.07) is 13.5. The Labute approximate surface area is 179 Å². The number of piperidine rings is 1. The molecule has 0 saturated carbocycles. The lowest BCUT2D eigenvalue weighted by molar-refractivity contribution is -0.384. The Balaban J connectivity index is 1.48. The lowest BCUT2D eigenvalue weighted by atomic mass is 10.00. The highest BCUT2D eigenvalue weighted by atomic mass is 32.2. The second-order valence-electron chi connectivity index (χ2n) is 7.72. The van der Waals surface area contributed by atoms with Gasteiger partial charge in [-0.1, -0.05) is 23.8 Å². The zero-order chi connectivity index (χ0) is 21.3. The molecule has 1 spiro atoms. The highest BCUT2D eigenvalue weighted by molar-refractivity contribution is 8.00. The maximum absolute atomic E-state index is 13.2. The monoisotopic (exact) mass is 425 g/mol. The fourth-order valence-electron chi connectivity index (χ4n) is 4.16. The SMILES string of the molecule is Cc1ccc(C(=O)N2CCC3(CC2)SCCN3C(=O)c2cccc([N+](=O)[O-])c2)cc1. The Hall–Kier alpha value is -2.87. The van der Waals surface area contributed by atoms with Crippen LogP contribution in [0.3, 0.4) is 0 Å². The number of aryl methyl sites for hydroxylation is 1. The lowest BCUT2D eigenvalue weighted by Crippen LogP contribution is -2.53. The second-order valence-corrected chi connectivity index (χ2v) is 9.17.